The van der Waals surface area contributed by atoms with Crippen LogP contribution in [-0.2, 0) is 4.74 Å². The first-order valence-corrected chi connectivity index (χ1v) is 7.43. The second-order valence-electron chi connectivity index (χ2n) is 5.28. The molecule has 6 heteroatoms. The van der Waals surface area contributed by atoms with Crippen molar-refractivity contribution in [2.24, 2.45) is 0 Å². The summed E-state index contributed by atoms with van der Waals surface area (Å²) in [5.41, 5.74) is 0.901. The van der Waals surface area contributed by atoms with Crippen LogP contribution >= 0.6 is 0 Å². The van der Waals surface area contributed by atoms with Gasteiger partial charge in [-0.25, -0.2) is 0 Å². The molecule has 1 saturated heterocycles. The summed E-state index contributed by atoms with van der Waals surface area (Å²) in [5.74, 6) is 1.40. The van der Waals surface area contributed by atoms with Crippen LogP contribution < -0.4 is 4.74 Å². The highest BCUT2D eigenvalue weighted by Gasteiger charge is 2.15. The van der Waals surface area contributed by atoms with Crippen LogP contribution in [0.15, 0.2) is 41.1 Å². The summed E-state index contributed by atoms with van der Waals surface area (Å²) < 4.78 is 16.1. The minimum Gasteiger partial charge on any atom is -0.491 e. The number of benzene rings is 1. The van der Waals surface area contributed by atoms with Gasteiger partial charge in [-0.05, 0) is 12.1 Å². The summed E-state index contributed by atoms with van der Waals surface area (Å²) in [6.07, 6.45) is 1.08. The third kappa shape index (κ3) is 4.07. The highest BCUT2D eigenvalue weighted by Crippen LogP contribution is 2.23. The summed E-state index contributed by atoms with van der Waals surface area (Å²) in [6, 6.07) is 9.36. The van der Waals surface area contributed by atoms with Crippen molar-refractivity contribution in [1.29, 1.82) is 0 Å². The zero-order valence-electron chi connectivity index (χ0n) is 12.4. The summed E-state index contributed by atoms with van der Waals surface area (Å²) >= 11 is 0. The van der Waals surface area contributed by atoms with Gasteiger partial charge in [0.1, 0.15) is 18.5 Å². The molecule has 118 valence electrons. The van der Waals surface area contributed by atoms with Crippen LogP contribution in [0.3, 0.4) is 0 Å². The average molecular weight is 304 g/mol. The zero-order chi connectivity index (χ0) is 15.2. The molecule has 0 spiro atoms. The lowest BCUT2D eigenvalue weighted by molar-refractivity contribution is 0.00466. The molecule has 2 heterocycles. The number of ether oxygens (including phenoxy) is 2. The van der Waals surface area contributed by atoms with E-state index >= 15 is 0 Å². The molecule has 0 bridgehead atoms. The number of morpholine rings is 1. The standard InChI is InChI=1S/C16H20N2O4/c19-14(11-18-6-8-20-9-7-18)12-21-15-3-1-2-13(10-15)16-4-5-17-22-16/h1-5,10,14,19H,6-9,11-12H2. The predicted octanol–water partition coefficient (Wildman–Crippen LogP) is 1.41. The Morgan fingerprint density at radius 2 is 2.14 bits per heavy atom. The Hall–Kier alpha value is -1.89. The van der Waals surface area contributed by atoms with Crippen LogP contribution in [0, 0.1) is 0 Å². The number of aliphatic hydroxyl groups excluding tert-OH is 1. The average Bonchev–Trinajstić information content (AvgIpc) is 3.09. The molecule has 1 aromatic heterocycles. The summed E-state index contributed by atoms with van der Waals surface area (Å²) in [6.45, 7) is 4.04. The van der Waals surface area contributed by atoms with Crippen molar-refractivity contribution < 1.29 is 19.1 Å². The molecular weight excluding hydrogens is 284 g/mol. The molecule has 1 aliphatic heterocycles. The van der Waals surface area contributed by atoms with Gasteiger partial charge >= 0.3 is 0 Å². The monoisotopic (exact) mass is 304 g/mol. The lowest BCUT2D eigenvalue weighted by Gasteiger charge is -2.28. The van der Waals surface area contributed by atoms with Crippen LogP contribution in [0.1, 0.15) is 0 Å². The zero-order valence-corrected chi connectivity index (χ0v) is 12.4. The third-order valence-electron chi connectivity index (χ3n) is 3.57. The maximum atomic E-state index is 10.1. The van der Waals surface area contributed by atoms with Crippen molar-refractivity contribution in [2.45, 2.75) is 6.10 Å². The topological polar surface area (TPSA) is 68.0 Å². The number of β-amino-alcohol motifs (C(OH)–C–C–N with tert-alkyl or cyclic N) is 1. The number of hydrogen-bond donors (Lipinski definition) is 1. The van der Waals surface area contributed by atoms with E-state index < -0.39 is 6.10 Å². The molecule has 22 heavy (non-hydrogen) atoms. The lowest BCUT2D eigenvalue weighted by atomic mass is 10.1. The molecule has 0 aliphatic carbocycles. The molecule has 1 unspecified atom stereocenters. The van der Waals surface area contributed by atoms with Crippen molar-refractivity contribution in [2.75, 3.05) is 39.5 Å². The minimum atomic E-state index is -0.521. The molecule has 6 nitrogen and oxygen atoms in total. The van der Waals surface area contributed by atoms with Gasteiger partial charge in [0.25, 0.3) is 0 Å². The van der Waals surface area contributed by atoms with Crippen LogP contribution in [0.4, 0.5) is 0 Å². The van der Waals surface area contributed by atoms with E-state index in [9.17, 15) is 5.11 Å². The number of aromatic nitrogens is 1. The maximum Gasteiger partial charge on any atom is 0.166 e. The van der Waals surface area contributed by atoms with Crippen molar-refractivity contribution in [3.63, 3.8) is 0 Å². The third-order valence-corrected chi connectivity index (χ3v) is 3.57. The molecule has 2 aromatic rings. The van der Waals surface area contributed by atoms with Gasteiger partial charge in [-0.2, -0.15) is 0 Å². The van der Waals surface area contributed by atoms with Gasteiger partial charge in [0.15, 0.2) is 5.76 Å². The van der Waals surface area contributed by atoms with Gasteiger partial charge in [-0.3, -0.25) is 4.90 Å². The van der Waals surface area contributed by atoms with Gasteiger partial charge < -0.3 is 19.1 Å². The fraction of sp³-hybridized carbons (Fsp3) is 0.438. The first kappa shape index (κ1) is 15.0. The molecule has 3 rings (SSSR count). The van der Waals surface area contributed by atoms with E-state index in [1.165, 1.54) is 0 Å². The summed E-state index contributed by atoms with van der Waals surface area (Å²) in [4.78, 5) is 2.18. The quantitative estimate of drug-likeness (QED) is 0.870. The molecule has 1 fully saturated rings. The van der Waals surface area contributed by atoms with Crippen LogP contribution in [0.5, 0.6) is 5.75 Å². The van der Waals surface area contributed by atoms with E-state index in [4.69, 9.17) is 14.0 Å². The Morgan fingerprint density at radius 1 is 1.27 bits per heavy atom. The van der Waals surface area contributed by atoms with E-state index in [1.807, 2.05) is 24.3 Å². The number of hydrogen-bond acceptors (Lipinski definition) is 6. The second kappa shape index (κ2) is 7.40. The molecule has 1 aromatic carbocycles. The van der Waals surface area contributed by atoms with Gasteiger partial charge in [0.05, 0.1) is 19.4 Å². The maximum absolute atomic E-state index is 10.1. The first-order valence-electron chi connectivity index (χ1n) is 7.43. The largest absolute Gasteiger partial charge is 0.491 e. The Balaban J connectivity index is 1.51. The van der Waals surface area contributed by atoms with E-state index in [0.29, 0.717) is 18.1 Å². The molecule has 0 amide bonds. The van der Waals surface area contributed by atoms with E-state index in [0.717, 1.165) is 31.9 Å². The van der Waals surface area contributed by atoms with Gasteiger partial charge in [0.2, 0.25) is 0 Å². The fourth-order valence-corrected chi connectivity index (χ4v) is 2.43. The van der Waals surface area contributed by atoms with Crippen molar-refractivity contribution in [3.05, 3.63) is 36.5 Å². The minimum absolute atomic E-state index is 0.261. The van der Waals surface area contributed by atoms with Crippen molar-refractivity contribution >= 4 is 0 Å². The second-order valence-corrected chi connectivity index (χ2v) is 5.28. The highest BCUT2D eigenvalue weighted by atomic mass is 16.5. The summed E-state index contributed by atoms with van der Waals surface area (Å²) in [7, 11) is 0. The molecule has 1 atom stereocenters. The predicted molar refractivity (Wildman–Crippen MR) is 80.7 cm³/mol. The molecule has 1 N–H and O–H groups in total. The highest BCUT2D eigenvalue weighted by molar-refractivity contribution is 5.58. The van der Waals surface area contributed by atoms with Gasteiger partial charge in [0, 0.05) is 31.3 Å². The molecule has 0 saturated carbocycles. The SMILES string of the molecule is OC(COc1cccc(-c2ccno2)c1)CN1CCOCC1. The summed E-state index contributed by atoms with van der Waals surface area (Å²) in [5, 5.41) is 13.8. The van der Waals surface area contributed by atoms with Gasteiger partial charge in [-0.15, -0.1) is 0 Å². The Kier molecular flexibility index (Phi) is 5.05. The lowest BCUT2D eigenvalue weighted by Crippen LogP contribution is -2.42. The van der Waals surface area contributed by atoms with E-state index in [1.54, 1.807) is 12.3 Å². The Labute approximate surface area is 129 Å². The van der Waals surface area contributed by atoms with E-state index in [2.05, 4.69) is 10.1 Å². The fourth-order valence-electron chi connectivity index (χ4n) is 2.43. The van der Waals surface area contributed by atoms with Crippen molar-refractivity contribution in [1.82, 2.24) is 10.1 Å². The smallest absolute Gasteiger partial charge is 0.166 e. The number of rotatable bonds is 6. The molecule has 0 radical (unpaired) electrons. The molecular formula is C16H20N2O4. The Morgan fingerprint density at radius 3 is 2.91 bits per heavy atom. The Bertz CT molecular complexity index is 567. The number of aliphatic hydroxyl groups is 1. The van der Waals surface area contributed by atoms with Crippen LogP contribution in [0.25, 0.3) is 11.3 Å². The molecule has 1 aliphatic rings. The van der Waals surface area contributed by atoms with Crippen LogP contribution in [0.2, 0.25) is 0 Å². The van der Waals surface area contributed by atoms with Crippen LogP contribution in [-0.4, -0.2) is 60.7 Å². The van der Waals surface area contributed by atoms with Gasteiger partial charge in [-0.1, -0.05) is 17.3 Å². The number of nitrogens with zero attached hydrogens (tertiary/aromatic N) is 2. The first-order chi connectivity index (χ1) is 10.8. The van der Waals surface area contributed by atoms with E-state index in [-0.39, 0.29) is 6.61 Å². The normalized spacial score (nSPS) is 17.3. The van der Waals surface area contributed by atoms with Crippen molar-refractivity contribution in [3.8, 4) is 17.1 Å².